The maximum atomic E-state index is 14.4. The number of nitrogens with zero attached hydrogens (tertiary/aromatic N) is 2. The number of hydrogen-bond acceptors (Lipinski definition) is 10. The first-order valence-corrected chi connectivity index (χ1v) is 20.9. The summed E-state index contributed by atoms with van der Waals surface area (Å²) in [6.07, 6.45) is -0.515. The summed E-state index contributed by atoms with van der Waals surface area (Å²) in [4.78, 5) is 70.4. The van der Waals surface area contributed by atoms with Crippen LogP contribution in [0, 0.1) is 17.2 Å². The fourth-order valence-corrected chi connectivity index (χ4v) is 10.00. The molecule has 0 radical (unpaired) electrons. The Morgan fingerprint density at radius 1 is 0.983 bits per heavy atom. The Hall–Kier alpha value is -5.61. The largest absolute Gasteiger partial charge is 0.449 e. The van der Waals surface area contributed by atoms with E-state index in [0.29, 0.717) is 24.0 Å². The number of allylic oxidation sites excluding steroid dienone is 1. The predicted molar refractivity (Wildman–Crippen MR) is 208 cm³/mol. The normalized spacial score (nSPS) is 23.6. The number of sulfonamides is 1. The highest BCUT2D eigenvalue weighted by Gasteiger charge is 2.61. The number of amides is 4. The number of carbonyl (C=O) groups is 5. The van der Waals surface area contributed by atoms with Crippen molar-refractivity contribution < 1.29 is 46.3 Å². The van der Waals surface area contributed by atoms with E-state index >= 15 is 0 Å². The summed E-state index contributed by atoms with van der Waals surface area (Å²) in [5, 5.41) is 1.89. The van der Waals surface area contributed by atoms with E-state index in [4.69, 9.17) is 15.2 Å². The van der Waals surface area contributed by atoms with Crippen molar-refractivity contribution in [2.45, 2.75) is 74.5 Å². The molecule has 2 heterocycles. The van der Waals surface area contributed by atoms with Crippen LogP contribution in [0.4, 0.5) is 14.0 Å². The van der Waals surface area contributed by atoms with Gasteiger partial charge in [-0.2, -0.15) is 0 Å². The van der Waals surface area contributed by atoms with Gasteiger partial charge in [0.15, 0.2) is 5.78 Å². The second-order valence-electron chi connectivity index (χ2n) is 15.8. The number of halogens is 1. The topological polar surface area (TPSA) is 195 Å². The van der Waals surface area contributed by atoms with Crippen LogP contribution in [0.3, 0.4) is 0 Å². The molecule has 5 atom stereocenters. The Balaban J connectivity index is 0.934. The highest BCUT2D eigenvalue weighted by molar-refractivity contribution is 7.90. The van der Waals surface area contributed by atoms with Crippen LogP contribution in [0.25, 0.3) is 11.1 Å². The van der Waals surface area contributed by atoms with Crippen LogP contribution < -0.4 is 15.8 Å². The second kappa shape index (κ2) is 15.3. The van der Waals surface area contributed by atoms with Crippen molar-refractivity contribution in [3.8, 4) is 11.1 Å². The third-order valence-corrected chi connectivity index (χ3v) is 13.9. The number of ketones is 1. The van der Waals surface area contributed by atoms with E-state index in [1.807, 2.05) is 48.5 Å². The minimum absolute atomic E-state index is 0.0185. The molecule has 2 saturated carbocycles. The number of nitrogens with one attached hydrogen (secondary N) is 2. The molecule has 4 N–H and O–H groups in total. The fourth-order valence-electron chi connectivity index (χ4n) is 8.61. The number of carbonyl (C=O) groups excluding carboxylic acids is 5. The highest BCUT2D eigenvalue weighted by atomic mass is 32.2. The van der Waals surface area contributed by atoms with E-state index in [1.54, 1.807) is 12.1 Å². The maximum Gasteiger partial charge on any atom is 0.410 e. The molecule has 58 heavy (non-hydrogen) atoms. The Morgan fingerprint density at radius 2 is 1.67 bits per heavy atom. The Kier molecular flexibility index (Phi) is 10.3. The van der Waals surface area contributed by atoms with E-state index in [0.717, 1.165) is 22.3 Å². The van der Waals surface area contributed by atoms with Gasteiger partial charge in [-0.1, -0.05) is 66.7 Å². The summed E-state index contributed by atoms with van der Waals surface area (Å²) in [7, 11) is -3.91. The SMILES string of the molecule is C=C[C@@H]1C[C@]1(CC(=O)[C@@H]1C[C@@H](OC(=O)N2Cc3cccc(F)c3C2)CN1C(=O)[C@@H](N)CNC(=O)OCC1c2ccccc2-c2ccccc21)C(=O)NS(=O)(=O)C1CC1. The Morgan fingerprint density at radius 3 is 2.31 bits per heavy atom. The molecule has 3 aromatic carbocycles. The van der Waals surface area contributed by atoms with Gasteiger partial charge in [-0.15, -0.1) is 6.58 Å². The van der Waals surface area contributed by atoms with Gasteiger partial charge in [0, 0.05) is 37.4 Å². The molecule has 3 fully saturated rings. The molecule has 8 rings (SSSR count). The zero-order valence-corrected chi connectivity index (χ0v) is 32.4. The first kappa shape index (κ1) is 39.2. The third kappa shape index (κ3) is 7.46. The van der Waals surface area contributed by atoms with Crippen LogP contribution in [0.1, 0.15) is 60.3 Å². The number of ether oxygens (including phenoxy) is 2. The van der Waals surface area contributed by atoms with Crippen LogP contribution in [0.2, 0.25) is 0 Å². The quantitative estimate of drug-likeness (QED) is 0.213. The first-order chi connectivity index (χ1) is 27.8. The van der Waals surface area contributed by atoms with Gasteiger partial charge in [0.1, 0.15) is 24.6 Å². The summed E-state index contributed by atoms with van der Waals surface area (Å²) in [5.41, 5.74) is 10.1. The fraction of sp³-hybridized carbons (Fsp3) is 0.405. The van der Waals surface area contributed by atoms with Crippen LogP contribution in [-0.2, 0) is 47.0 Å². The van der Waals surface area contributed by atoms with Gasteiger partial charge in [-0.3, -0.25) is 24.0 Å². The standard InChI is InChI=1S/C42H44FN5O9S/c1-2-25-17-42(25,39(51)46-58(54,55)27-14-15-27)18-37(49)36-16-26(57-41(53)47-20-24-8-7-13-34(43)32(24)22-47)21-48(36)38(50)35(44)19-45-40(52)56-23-33-30-11-5-3-9-28(30)29-10-4-6-12-31(29)33/h2-13,25-27,33,35-36H,1,14-23,44H2,(H,45,52)(H,46,51)/t25-,26-,35+,36+,42-/m1/s1. The lowest BCUT2D eigenvalue weighted by molar-refractivity contribution is -0.140. The van der Waals surface area contributed by atoms with Crippen LogP contribution in [-0.4, -0.2) is 91.1 Å². The van der Waals surface area contributed by atoms with Gasteiger partial charge in [-0.05, 0) is 59.1 Å². The molecule has 0 unspecified atom stereocenters. The molecule has 1 saturated heterocycles. The number of fused-ring (bicyclic) bond motifs is 4. The molecule has 0 aromatic heterocycles. The minimum Gasteiger partial charge on any atom is -0.449 e. The maximum absolute atomic E-state index is 14.4. The lowest BCUT2D eigenvalue weighted by atomic mass is 9.91. The van der Waals surface area contributed by atoms with Gasteiger partial charge >= 0.3 is 12.2 Å². The minimum atomic E-state index is -3.91. The van der Waals surface area contributed by atoms with Gasteiger partial charge in [-0.25, -0.2) is 22.4 Å². The number of Topliss-reactive ketones (excluding diaryl/α,β-unsaturated/α-hetero) is 1. The molecule has 14 nitrogen and oxygen atoms in total. The zero-order chi connectivity index (χ0) is 40.9. The predicted octanol–water partition coefficient (Wildman–Crippen LogP) is 3.87. The molecular weight excluding hydrogens is 770 g/mol. The third-order valence-electron chi connectivity index (χ3n) is 12.1. The van der Waals surface area contributed by atoms with Gasteiger partial charge in [0.05, 0.1) is 29.8 Å². The van der Waals surface area contributed by atoms with Crippen molar-refractivity contribution >= 4 is 39.8 Å². The van der Waals surface area contributed by atoms with E-state index in [1.165, 1.54) is 21.9 Å². The van der Waals surface area contributed by atoms with Gasteiger partial charge < -0.3 is 25.4 Å². The van der Waals surface area contributed by atoms with Crippen LogP contribution >= 0.6 is 0 Å². The van der Waals surface area contributed by atoms with E-state index < -0.39 is 86.8 Å². The summed E-state index contributed by atoms with van der Waals surface area (Å²) in [5.74, 6) is -3.20. The molecule has 2 aliphatic heterocycles. The molecule has 16 heteroatoms. The first-order valence-electron chi connectivity index (χ1n) is 19.4. The number of likely N-dealkylation sites (tertiary alicyclic amines) is 1. The molecule has 0 spiro atoms. The summed E-state index contributed by atoms with van der Waals surface area (Å²) in [6.45, 7) is 3.31. The van der Waals surface area contributed by atoms with E-state index in [-0.39, 0.29) is 51.5 Å². The van der Waals surface area contributed by atoms with E-state index in [9.17, 15) is 36.8 Å². The average molecular weight is 814 g/mol. The van der Waals surface area contributed by atoms with Crippen molar-refractivity contribution in [3.05, 3.63) is 107 Å². The van der Waals surface area contributed by atoms with Crippen LogP contribution in [0.15, 0.2) is 79.4 Å². The molecule has 3 aliphatic carbocycles. The number of nitrogens with two attached hydrogens (primary N) is 1. The van der Waals surface area contributed by atoms with Crippen molar-refractivity contribution in [2.24, 2.45) is 17.1 Å². The lowest BCUT2D eigenvalue weighted by Crippen LogP contribution is -2.53. The van der Waals surface area contributed by atoms with Gasteiger partial charge in [0.25, 0.3) is 0 Å². The highest BCUT2D eigenvalue weighted by Crippen LogP contribution is 2.57. The summed E-state index contributed by atoms with van der Waals surface area (Å²) < 4.78 is 53.3. The summed E-state index contributed by atoms with van der Waals surface area (Å²) in [6, 6.07) is 17.8. The number of rotatable bonds is 13. The molecule has 0 bridgehead atoms. The number of benzene rings is 3. The molecule has 3 aromatic rings. The van der Waals surface area contributed by atoms with E-state index in [2.05, 4.69) is 16.6 Å². The van der Waals surface area contributed by atoms with Crippen molar-refractivity contribution in [1.29, 1.82) is 0 Å². The molecular formula is C42H44FN5O9S. The zero-order valence-electron chi connectivity index (χ0n) is 31.6. The van der Waals surface area contributed by atoms with Crippen LogP contribution in [0.5, 0.6) is 0 Å². The second-order valence-corrected chi connectivity index (χ2v) is 17.8. The number of alkyl carbamates (subject to hydrolysis) is 1. The van der Waals surface area contributed by atoms with Gasteiger partial charge in [0.2, 0.25) is 21.8 Å². The van der Waals surface area contributed by atoms with Crippen molar-refractivity contribution in [2.75, 3.05) is 19.7 Å². The van der Waals surface area contributed by atoms with Crippen molar-refractivity contribution in [3.63, 3.8) is 0 Å². The molecule has 4 amide bonds. The Labute approximate surface area is 335 Å². The lowest BCUT2D eigenvalue weighted by Gasteiger charge is -2.27. The smallest absolute Gasteiger partial charge is 0.410 e. The molecule has 5 aliphatic rings. The van der Waals surface area contributed by atoms with Crippen molar-refractivity contribution in [1.82, 2.24) is 19.8 Å². The monoisotopic (exact) mass is 813 g/mol. The Bertz CT molecular complexity index is 2270. The summed E-state index contributed by atoms with van der Waals surface area (Å²) >= 11 is 0. The number of hydrogen-bond donors (Lipinski definition) is 3. The average Bonchev–Trinajstić information content (AvgIpc) is 4.07. The molecule has 304 valence electrons.